The first-order valence-electron chi connectivity index (χ1n) is 15.0. The van der Waals surface area contributed by atoms with Gasteiger partial charge in [0, 0.05) is 35.8 Å². The van der Waals surface area contributed by atoms with Gasteiger partial charge >= 0.3 is 0 Å². The van der Waals surface area contributed by atoms with Crippen LogP contribution < -0.4 is 15.4 Å². The maximum Gasteiger partial charge on any atom is 0.225 e. The second-order valence-corrected chi connectivity index (χ2v) is 11.0. The molecule has 0 saturated heterocycles. The number of H-pyrrole nitrogens is 1. The van der Waals surface area contributed by atoms with Gasteiger partial charge in [-0.1, -0.05) is 127 Å². The molecule has 0 aliphatic rings. The van der Waals surface area contributed by atoms with Crippen LogP contribution in [0.2, 0.25) is 0 Å². The lowest BCUT2D eigenvalue weighted by Gasteiger charge is -2.38. The maximum absolute atomic E-state index is 14.1. The molecule has 5 nitrogen and oxygen atoms in total. The fourth-order valence-corrected chi connectivity index (χ4v) is 6.15. The molecule has 0 aliphatic carbocycles. The summed E-state index contributed by atoms with van der Waals surface area (Å²) in [5.74, 6) is 0.381. The zero-order chi connectivity index (χ0) is 30.2. The SMILES string of the molecule is COc1ccccc1CNC(=O)[C@H](CNC(c1ccccc1)(c1ccccc1)c1ccccc1)Cc1c[nH]c2ccccc12. The summed E-state index contributed by atoms with van der Waals surface area (Å²) in [6, 6.07) is 47.5. The Labute approximate surface area is 258 Å². The topological polar surface area (TPSA) is 66.2 Å². The number of hydrogen-bond donors (Lipinski definition) is 3. The Morgan fingerprint density at radius 1 is 0.705 bits per heavy atom. The monoisotopic (exact) mass is 579 g/mol. The predicted molar refractivity (Wildman–Crippen MR) is 178 cm³/mol. The van der Waals surface area contributed by atoms with E-state index in [0.717, 1.165) is 44.5 Å². The van der Waals surface area contributed by atoms with Crippen molar-refractivity contribution in [1.82, 2.24) is 15.6 Å². The second-order valence-electron chi connectivity index (χ2n) is 11.0. The molecule has 1 aromatic heterocycles. The van der Waals surface area contributed by atoms with Gasteiger partial charge in [-0.25, -0.2) is 0 Å². The number of ether oxygens (including phenoxy) is 1. The van der Waals surface area contributed by atoms with Gasteiger partial charge in [-0.05, 0) is 40.8 Å². The third-order valence-electron chi connectivity index (χ3n) is 8.39. The molecule has 1 heterocycles. The van der Waals surface area contributed by atoms with E-state index in [1.807, 2.05) is 60.8 Å². The van der Waals surface area contributed by atoms with Crippen LogP contribution in [0.15, 0.2) is 146 Å². The van der Waals surface area contributed by atoms with Crippen molar-refractivity contribution in [3.63, 3.8) is 0 Å². The van der Waals surface area contributed by atoms with Crippen LogP contribution in [-0.4, -0.2) is 24.5 Å². The average molecular weight is 580 g/mol. The third kappa shape index (κ3) is 6.01. The van der Waals surface area contributed by atoms with E-state index in [9.17, 15) is 4.79 Å². The highest BCUT2D eigenvalue weighted by Crippen LogP contribution is 2.37. The lowest BCUT2D eigenvalue weighted by Crippen LogP contribution is -2.49. The van der Waals surface area contributed by atoms with E-state index in [1.165, 1.54) is 0 Å². The quantitative estimate of drug-likeness (QED) is 0.134. The van der Waals surface area contributed by atoms with E-state index >= 15 is 0 Å². The normalized spacial score (nSPS) is 12.1. The number of benzene rings is 5. The van der Waals surface area contributed by atoms with Crippen molar-refractivity contribution in [3.05, 3.63) is 174 Å². The van der Waals surface area contributed by atoms with Gasteiger partial charge in [0.05, 0.1) is 18.6 Å². The van der Waals surface area contributed by atoms with Gasteiger partial charge in [-0.15, -0.1) is 0 Å². The molecule has 0 aliphatic heterocycles. The number of rotatable bonds is 12. The first kappa shape index (κ1) is 29.0. The van der Waals surface area contributed by atoms with Gasteiger partial charge in [0.25, 0.3) is 0 Å². The number of para-hydroxylation sites is 2. The van der Waals surface area contributed by atoms with Crippen LogP contribution in [0.3, 0.4) is 0 Å². The molecule has 0 fully saturated rings. The second kappa shape index (κ2) is 13.4. The van der Waals surface area contributed by atoms with Crippen LogP contribution in [0.25, 0.3) is 10.9 Å². The molecule has 5 aromatic carbocycles. The van der Waals surface area contributed by atoms with Crippen molar-refractivity contribution in [1.29, 1.82) is 0 Å². The van der Waals surface area contributed by atoms with E-state index in [4.69, 9.17) is 4.74 Å². The summed E-state index contributed by atoms with van der Waals surface area (Å²) in [5, 5.41) is 8.30. The van der Waals surface area contributed by atoms with Crippen molar-refractivity contribution in [2.45, 2.75) is 18.5 Å². The maximum atomic E-state index is 14.1. The molecule has 6 aromatic rings. The Morgan fingerprint density at radius 3 is 1.86 bits per heavy atom. The number of carbonyl (C=O) groups excluding carboxylic acids is 1. The predicted octanol–water partition coefficient (Wildman–Crippen LogP) is 7.23. The molecular formula is C39H37N3O2. The molecular weight excluding hydrogens is 542 g/mol. The molecule has 6 rings (SSSR count). The highest BCUT2D eigenvalue weighted by Gasteiger charge is 2.37. The van der Waals surface area contributed by atoms with Crippen molar-refractivity contribution in [2.75, 3.05) is 13.7 Å². The van der Waals surface area contributed by atoms with Crippen LogP contribution in [0.5, 0.6) is 5.75 Å². The number of amides is 1. The lowest BCUT2D eigenvalue weighted by atomic mass is 9.76. The number of fused-ring (bicyclic) bond motifs is 1. The summed E-state index contributed by atoms with van der Waals surface area (Å²) < 4.78 is 5.54. The van der Waals surface area contributed by atoms with Gasteiger partial charge < -0.3 is 15.0 Å². The molecule has 3 N–H and O–H groups in total. The number of carbonyl (C=O) groups is 1. The van der Waals surface area contributed by atoms with Gasteiger partial charge in [-0.2, -0.15) is 0 Å². The highest BCUT2D eigenvalue weighted by atomic mass is 16.5. The molecule has 220 valence electrons. The summed E-state index contributed by atoms with van der Waals surface area (Å²) in [4.78, 5) is 17.5. The standard InChI is InChI=1S/C39H37N3O2/c1-44-37-24-14-11-15-29(37)26-41-38(43)31(25-30-27-40-36-23-13-12-22-35(30)36)28-42-39(32-16-5-2-6-17-32,33-18-7-3-8-19-33)34-20-9-4-10-21-34/h2-24,27,31,40,42H,25-26,28H2,1H3,(H,41,43)/t31-/m0/s1. The third-order valence-corrected chi connectivity index (χ3v) is 8.39. The lowest BCUT2D eigenvalue weighted by molar-refractivity contribution is -0.125. The van der Waals surface area contributed by atoms with Crippen molar-refractivity contribution >= 4 is 16.8 Å². The van der Waals surface area contributed by atoms with E-state index in [2.05, 4.69) is 101 Å². The summed E-state index contributed by atoms with van der Waals surface area (Å²) >= 11 is 0. The fraction of sp³-hybridized carbons (Fsp3) is 0.154. The molecule has 0 spiro atoms. The zero-order valence-corrected chi connectivity index (χ0v) is 24.9. The van der Waals surface area contributed by atoms with Crippen LogP contribution in [0.1, 0.15) is 27.8 Å². The first-order valence-corrected chi connectivity index (χ1v) is 15.0. The van der Waals surface area contributed by atoms with Crippen molar-refractivity contribution in [3.8, 4) is 5.75 Å². The molecule has 0 radical (unpaired) electrons. The van der Waals surface area contributed by atoms with Gasteiger partial charge in [0.2, 0.25) is 5.91 Å². The summed E-state index contributed by atoms with van der Waals surface area (Å²) in [6.07, 6.45) is 2.60. The van der Waals surface area contributed by atoms with Gasteiger partial charge in [0.1, 0.15) is 5.75 Å². The smallest absolute Gasteiger partial charge is 0.225 e. The van der Waals surface area contributed by atoms with Crippen molar-refractivity contribution in [2.24, 2.45) is 5.92 Å². The van der Waals surface area contributed by atoms with E-state index in [0.29, 0.717) is 19.5 Å². The average Bonchev–Trinajstić information content (AvgIpc) is 3.51. The Bertz CT molecular complexity index is 1700. The van der Waals surface area contributed by atoms with E-state index in [1.54, 1.807) is 7.11 Å². The van der Waals surface area contributed by atoms with Gasteiger partial charge in [0.15, 0.2) is 0 Å². The van der Waals surface area contributed by atoms with Crippen molar-refractivity contribution < 1.29 is 9.53 Å². The fourth-order valence-electron chi connectivity index (χ4n) is 6.15. The van der Waals surface area contributed by atoms with Gasteiger partial charge in [-0.3, -0.25) is 10.1 Å². The minimum atomic E-state index is -0.675. The Morgan fingerprint density at radius 2 is 1.25 bits per heavy atom. The largest absolute Gasteiger partial charge is 0.496 e. The molecule has 44 heavy (non-hydrogen) atoms. The minimum absolute atomic E-state index is 0.0169. The van der Waals surface area contributed by atoms with Crippen LogP contribution >= 0.6 is 0 Å². The zero-order valence-electron chi connectivity index (χ0n) is 24.9. The molecule has 0 bridgehead atoms. The molecule has 1 amide bonds. The highest BCUT2D eigenvalue weighted by molar-refractivity contribution is 5.85. The van der Waals surface area contributed by atoms with E-state index in [-0.39, 0.29) is 11.8 Å². The van der Waals surface area contributed by atoms with Crippen LogP contribution in [-0.2, 0) is 23.3 Å². The Kier molecular flexibility index (Phi) is 8.85. The minimum Gasteiger partial charge on any atom is -0.496 e. The Balaban J connectivity index is 1.38. The Hall–Kier alpha value is -5.13. The number of hydrogen-bond acceptors (Lipinski definition) is 3. The first-order chi connectivity index (χ1) is 21.7. The number of nitrogens with one attached hydrogen (secondary N) is 3. The molecule has 0 unspecified atom stereocenters. The molecule has 1 atom stereocenters. The molecule has 0 saturated carbocycles. The van der Waals surface area contributed by atoms with Crippen LogP contribution in [0, 0.1) is 5.92 Å². The summed E-state index contributed by atoms with van der Waals surface area (Å²) in [5.41, 5.74) is 5.77. The molecule has 5 heteroatoms. The van der Waals surface area contributed by atoms with E-state index < -0.39 is 5.54 Å². The number of aromatic amines is 1. The summed E-state index contributed by atoms with van der Waals surface area (Å²) in [7, 11) is 1.65. The number of aromatic nitrogens is 1. The van der Waals surface area contributed by atoms with Crippen LogP contribution in [0.4, 0.5) is 0 Å². The summed E-state index contributed by atoms with van der Waals surface area (Å²) in [6.45, 7) is 0.824. The number of methoxy groups -OCH3 is 1.